The van der Waals surface area contributed by atoms with E-state index in [9.17, 15) is 14.4 Å². The second-order valence-corrected chi connectivity index (χ2v) is 7.59. The Morgan fingerprint density at radius 3 is 2.08 bits per heavy atom. The number of esters is 3. The smallest absolute Gasteiger partial charge is 0.303 e. The summed E-state index contributed by atoms with van der Waals surface area (Å²) in [6.45, 7) is 3.20. The van der Waals surface area contributed by atoms with Gasteiger partial charge in [0.1, 0.15) is 18.8 Å². The molecule has 0 spiro atoms. The molecule has 12 heteroatoms. The van der Waals surface area contributed by atoms with Crippen LogP contribution >= 0.6 is 34.8 Å². The molecule has 0 saturated carbocycles. The quantitative estimate of drug-likeness (QED) is 0.229. The van der Waals surface area contributed by atoms with E-state index in [1.807, 2.05) is 0 Å². The molecule has 26 heavy (non-hydrogen) atoms. The highest BCUT2D eigenvalue weighted by atomic mass is 35.6. The van der Waals surface area contributed by atoms with Gasteiger partial charge in [0.15, 0.2) is 6.10 Å². The Morgan fingerprint density at radius 1 is 1.04 bits per heavy atom. The van der Waals surface area contributed by atoms with Crippen molar-refractivity contribution in [2.45, 2.75) is 55.6 Å². The van der Waals surface area contributed by atoms with E-state index in [0.717, 1.165) is 6.92 Å². The van der Waals surface area contributed by atoms with E-state index >= 15 is 0 Å². The first-order valence-corrected chi connectivity index (χ1v) is 8.49. The van der Waals surface area contributed by atoms with E-state index in [0.29, 0.717) is 0 Å². The van der Waals surface area contributed by atoms with E-state index in [1.54, 1.807) is 0 Å². The monoisotopic (exact) mass is 433 g/mol. The molecule has 0 amide bonds. The summed E-state index contributed by atoms with van der Waals surface area (Å²) in [5, 5.41) is 7.61. The zero-order valence-corrected chi connectivity index (χ0v) is 16.4. The second kappa shape index (κ2) is 9.59. The van der Waals surface area contributed by atoms with Gasteiger partial charge in [0, 0.05) is 20.8 Å². The average Bonchev–Trinajstić information content (AvgIpc) is 2.45. The standard InChI is InChI=1S/C14H18Cl3NO8/c1-6(19)22-5-10-12(24-8(3)21)9(23-7(2)20)4-11(25-10)26-13(18)14(15,16)17/h9-12,18H,4-5H2,1-3H3/t9-,10-,11-,12+/m1/s1. The molecule has 1 saturated heterocycles. The van der Waals surface area contributed by atoms with Gasteiger partial charge in [-0.15, -0.1) is 0 Å². The maximum Gasteiger partial charge on any atom is 0.303 e. The van der Waals surface area contributed by atoms with Gasteiger partial charge < -0.3 is 23.7 Å². The van der Waals surface area contributed by atoms with Crippen molar-refractivity contribution in [2.75, 3.05) is 6.61 Å². The number of carbonyl (C=O) groups excluding carboxylic acids is 3. The van der Waals surface area contributed by atoms with Crippen LogP contribution in [0, 0.1) is 5.41 Å². The van der Waals surface area contributed by atoms with Crippen LogP contribution in [0.3, 0.4) is 0 Å². The number of ether oxygens (including phenoxy) is 5. The minimum Gasteiger partial charge on any atom is -0.463 e. The van der Waals surface area contributed by atoms with Gasteiger partial charge in [-0.1, -0.05) is 34.8 Å². The number of hydrogen-bond donors (Lipinski definition) is 1. The summed E-state index contributed by atoms with van der Waals surface area (Å²) in [6, 6.07) is 0. The summed E-state index contributed by atoms with van der Waals surface area (Å²) < 4.78 is 23.8. The summed E-state index contributed by atoms with van der Waals surface area (Å²) in [5.74, 6) is -2.62. The lowest BCUT2D eigenvalue weighted by Gasteiger charge is -2.40. The first-order chi connectivity index (χ1) is 11.9. The van der Waals surface area contributed by atoms with E-state index in [-0.39, 0.29) is 13.0 Å². The van der Waals surface area contributed by atoms with Gasteiger partial charge in [0.2, 0.25) is 12.2 Å². The number of carbonyl (C=O) groups is 3. The SMILES string of the molecule is CC(=O)OC[C@H]1O[C@H](OC(=N)C(Cl)(Cl)Cl)C[C@@H](OC(C)=O)[C@@H]1OC(C)=O. The lowest BCUT2D eigenvalue weighted by Crippen LogP contribution is -2.54. The number of rotatable bonds is 5. The molecule has 0 aliphatic carbocycles. The Bertz CT molecular complexity index is 565. The zero-order chi connectivity index (χ0) is 20.1. The Kier molecular flexibility index (Phi) is 8.39. The molecule has 0 bridgehead atoms. The first kappa shape index (κ1) is 22.8. The largest absolute Gasteiger partial charge is 0.463 e. The third kappa shape index (κ3) is 7.53. The van der Waals surface area contributed by atoms with Crippen LogP contribution in [0.5, 0.6) is 0 Å². The molecule has 1 aliphatic heterocycles. The summed E-state index contributed by atoms with van der Waals surface area (Å²) in [5.41, 5.74) is 0. The topological polar surface area (TPSA) is 121 Å². The minimum atomic E-state index is -2.13. The van der Waals surface area contributed by atoms with Crippen molar-refractivity contribution >= 4 is 58.6 Å². The van der Waals surface area contributed by atoms with Crippen molar-refractivity contribution in [3.05, 3.63) is 0 Å². The molecular weight excluding hydrogens is 417 g/mol. The Hall–Kier alpha value is -1.29. The van der Waals surface area contributed by atoms with Crippen molar-refractivity contribution < 1.29 is 38.1 Å². The van der Waals surface area contributed by atoms with Gasteiger partial charge >= 0.3 is 17.9 Å². The number of nitrogens with one attached hydrogen (secondary N) is 1. The lowest BCUT2D eigenvalue weighted by atomic mass is 10.0. The van der Waals surface area contributed by atoms with Crippen LogP contribution < -0.4 is 0 Å². The lowest BCUT2D eigenvalue weighted by molar-refractivity contribution is -0.249. The molecule has 1 fully saturated rings. The summed E-state index contributed by atoms with van der Waals surface area (Å²) in [6.07, 6.45) is -4.36. The molecule has 0 radical (unpaired) electrons. The van der Waals surface area contributed by atoms with Crippen LogP contribution in [0.4, 0.5) is 0 Å². The molecule has 1 aliphatic rings. The molecule has 148 valence electrons. The Morgan fingerprint density at radius 2 is 1.62 bits per heavy atom. The Balaban J connectivity index is 3.01. The minimum absolute atomic E-state index is 0.114. The van der Waals surface area contributed by atoms with Gasteiger partial charge in [-0.2, -0.15) is 0 Å². The predicted molar refractivity (Wildman–Crippen MR) is 90.1 cm³/mol. The molecular formula is C14H18Cl3NO8. The van der Waals surface area contributed by atoms with Crippen LogP contribution in [0.25, 0.3) is 0 Å². The second-order valence-electron chi connectivity index (χ2n) is 5.31. The van der Waals surface area contributed by atoms with Gasteiger partial charge in [-0.05, 0) is 0 Å². The maximum absolute atomic E-state index is 11.4. The third-order valence-electron chi connectivity index (χ3n) is 3.06. The number of halogens is 3. The van der Waals surface area contributed by atoms with Crippen LogP contribution in [0.2, 0.25) is 0 Å². The summed E-state index contributed by atoms with van der Waals surface area (Å²) >= 11 is 16.7. The van der Waals surface area contributed by atoms with Crippen molar-refractivity contribution in [3.8, 4) is 0 Å². The molecule has 0 unspecified atom stereocenters. The zero-order valence-electron chi connectivity index (χ0n) is 14.1. The normalized spacial score (nSPS) is 25.8. The van der Waals surface area contributed by atoms with Crippen molar-refractivity contribution in [3.63, 3.8) is 0 Å². The highest BCUT2D eigenvalue weighted by Gasteiger charge is 2.45. The molecule has 1 rings (SSSR count). The van der Waals surface area contributed by atoms with Crippen molar-refractivity contribution in [1.82, 2.24) is 0 Å². The third-order valence-corrected chi connectivity index (χ3v) is 3.58. The predicted octanol–water partition coefficient (Wildman–Crippen LogP) is 1.89. The van der Waals surface area contributed by atoms with Gasteiger partial charge in [0.25, 0.3) is 3.79 Å². The molecule has 0 aromatic carbocycles. The molecule has 1 heterocycles. The molecule has 9 nitrogen and oxygen atoms in total. The molecule has 0 aromatic heterocycles. The fraction of sp³-hybridized carbons (Fsp3) is 0.714. The van der Waals surface area contributed by atoms with Crippen LogP contribution in [-0.4, -0.2) is 58.8 Å². The summed E-state index contributed by atoms with van der Waals surface area (Å²) in [4.78, 5) is 33.8. The number of alkyl halides is 3. The molecule has 0 aromatic rings. The van der Waals surface area contributed by atoms with E-state index in [4.69, 9.17) is 63.9 Å². The highest BCUT2D eigenvalue weighted by Crippen LogP contribution is 2.32. The average molecular weight is 435 g/mol. The van der Waals surface area contributed by atoms with Gasteiger partial charge in [-0.25, -0.2) is 0 Å². The fourth-order valence-electron chi connectivity index (χ4n) is 2.17. The van der Waals surface area contributed by atoms with Crippen LogP contribution in [0.15, 0.2) is 0 Å². The number of hydrogen-bond acceptors (Lipinski definition) is 9. The van der Waals surface area contributed by atoms with Gasteiger partial charge in [0.05, 0.1) is 6.42 Å². The van der Waals surface area contributed by atoms with Crippen molar-refractivity contribution in [2.24, 2.45) is 0 Å². The summed E-state index contributed by atoms with van der Waals surface area (Å²) in [7, 11) is 0. The van der Waals surface area contributed by atoms with E-state index in [1.165, 1.54) is 13.8 Å². The molecule has 1 N–H and O–H groups in total. The van der Waals surface area contributed by atoms with Crippen LogP contribution in [0.1, 0.15) is 27.2 Å². The Labute approximate surface area is 164 Å². The maximum atomic E-state index is 11.4. The fourth-order valence-corrected chi connectivity index (χ4v) is 2.30. The first-order valence-electron chi connectivity index (χ1n) is 7.35. The van der Waals surface area contributed by atoms with E-state index < -0.39 is 52.2 Å². The van der Waals surface area contributed by atoms with Crippen molar-refractivity contribution in [1.29, 1.82) is 5.41 Å². The molecule has 4 atom stereocenters. The highest BCUT2D eigenvalue weighted by molar-refractivity contribution is 6.76. The van der Waals surface area contributed by atoms with Crippen LogP contribution in [-0.2, 0) is 38.1 Å². The van der Waals surface area contributed by atoms with E-state index in [2.05, 4.69) is 0 Å². The van der Waals surface area contributed by atoms with Gasteiger partial charge in [-0.3, -0.25) is 19.8 Å².